The molecule has 1 unspecified atom stereocenters. The van der Waals surface area contributed by atoms with Gasteiger partial charge in [-0.25, -0.2) is 0 Å². The van der Waals surface area contributed by atoms with Gasteiger partial charge in [0.15, 0.2) is 0 Å². The fraction of sp³-hybridized carbons (Fsp3) is 0.562. The molecule has 0 saturated carbocycles. The van der Waals surface area contributed by atoms with Crippen LogP contribution in [0.2, 0.25) is 0 Å². The number of anilines is 1. The average Bonchev–Trinajstić information content (AvgIpc) is 2.29. The van der Waals surface area contributed by atoms with E-state index in [0.29, 0.717) is 13.0 Å². The highest BCUT2D eigenvalue weighted by molar-refractivity contribution is 5.91. The van der Waals surface area contributed by atoms with Crippen LogP contribution in [-0.4, -0.2) is 19.1 Å². The molecule has 1 aromatic rings. The molecule has 20 heavy (non-hydrogen) atoms. The Morgan fingerprint density at radius 1 is 1.35 bits per heavy atom. The second-order valence-corrected chi connectivity index (χ2v) is 6.37. The van der Waals surface area contributed by atoms with Gasteiger partial charge in [-0.3, -0.25) is 4.79 Å². The highest BCUT2D eigenvalue weighted by atomic mass is 16.5. The molecule has 0 heterocycles. The van der Waals surface area contributed by atoms with Gasteiger partial charge in [-0.2, -0.15) is 0 Å². The van der Waals surface area contributed by atoms with E-state index in [1.165, 1.54) is 0 Å². The van der Waals surface area contributed by atoms with Crippen molar-refractivity contribution in [3.8, 4) is 0 Å². The predicted octanol–water partition coefficient (Wildman–Crippen LogP) is 2.93. The molecule has 0 spiro atoms. The highest BCUT2D eigenvalue weighted by Crippen LogP contribution is 2.22. The van der Waals surface area contributed by atoms with Crippen LogP contribution in [0.25, 0.3) is 0 Å². The first-order chi connectivity index (χ1) is 9.31. The standard InChI is InChI=1S/C16H26N2O2/c1-16(2,3)10-13(17)9-15(19)18-14-8-6-5-7-12(14)11-20-4/h5-8,13H,9-11,17H2,1-4H3,(H,18,19). The number of rotatable bonds is 6. The maximum Gasteiger partial charge on any atom is 0.225 e. The zero-order chi connectivity index (χ0) is 15.2. The molecular weight excluding hydrogens is 252 g/mol. The zero-order valence-electron chi connectivity index (χ0n) is 12.9. The summed E-state index contributed by atoms with van der Waals surface area (Å²) in [6.45, 7) is 6.85. The second-order valence-electron chi connectivity index (χ2n) is 6.37. The lowest BCUT2D eigenvalue weighted by atomic mass is 9.87. The Hall–Kier alpha value is -1.39. The van der Waals surface area contributed by atoms with Crippen LogP contribution in [0.5, 0.6) is 0 Å². The highest BCUT2D eigenvalue weighted by Gasteiger charge is 2.18. The van der Waals surface area contributed by atoms with Crippen LogP contribution >= 0.6 is 0 Å². The van der Waals surface area contributed by atoms with Gasteiger partial charge in [0, 0.05) is 30.8 Å². The Bertz CT molecular complexity index is 438. The van der Waals surface area contributed by atoms with Crippen molar-refractivity contribution in [2.75, 3.05) is 12.4 Å². The minimum atomic E-state index is -0.121. The van der Waals surface area contributed by atoms with Crippen molar-refractivity contribution < 1.29 is 9.53 Å². The summed E-state index contributed by atoms with van der Waals surface area (Å²) in [4.78, 5) is 12.0. The molecule has 1 aromatic carbocycles. The van der Waals surface area contributed by atoms with Crippen LogP contribution in [0.1, 0.15) is 39.2 Å². The number of nitrogens with one attached hydrogen (secondary N) is 1. The smallest absolute Gasteiger partial charge is 0.225 e. The normalized spacial score (nSPS) is 13.1. The number of carbonyl (C=O) groups excluding carboxylic acids is 1. The summed E-state index contributed by atoms with van der Waals surface area (Å²) in [5.74, 6) is -0.0506. The summed E-state index contributed by atoms with van der Waals surface area (Å²) < 4.78 is 5.12. The zero-order valence-corrected chi connectivity index (χ0v) is 12.9. The van der Waals surface area contributed by atoms with Gasteiger partial charge < -0.3 is 15.8 Å². The van der Waals surface area contributed by atoms with Gasteiger partial charge >= 0.3 is 0 Å². The summed E-state index contributed by atoms with van der Waals surface area (Å²) in [6.07, 6.45) is 1.15. The summed E-state index contributed by atoms with van der Waals surface area (Å²) in [5, 5.41) is 2.91. The first-order valence-corrected chi connectivity index (χ1v) is 6.94. The van der Waals surface area contributed by atoms with E-state index in [-0.39, 0.29) is 17.4 Å². The van der Waals surface area contributed by atoms with E-state index in [9.17, 15) is 4.79 Å². The van der Waals surface area contributed by atoms with E-state index in [1.807, 2.05) is 24.3 Å². The molecule has 4 heteroatoms. The van der Waals surface area contributed by atoms with Gasteiger partial charge in [0.2, 0.25) is 5.91 Å². The number of methoxy groups -OCH3 is 1. The molecule has 1 atom stereocenters. The molecule has 0 aliphatic rings. The van der Waals surface area contributed by atoms with Gasteiger partial charge in [-0.15, -0.1) is 0 Å². The van der Waals surface area contributed by atoms with Crippen molar-refractivity contribution in [3.63, 3.8) is 0 Å². The molecule has 0 bridgehead atoms. The Balaban J connectivity index is 2.58. The number of ether oxygens (including phenoxy) is 1. The van der Waals surface area contributed by atoms with Crippen LogP contribution in [0.15, 0.2) is 24.3 Å². The third-order valence-corrected chi connectivity index (χ3v) is 2.91. The maximum absolute atomic E-state index is 12.0. The molecule has 4 nitrogen and oxygen atoms in total. The fourth-order valence-corrected chi connectivity index (χ4v) is 2.22. The fourth-order valence-electron chi connectivity index (χ4n) is 2.22. The lowest BCUT2D eigenvalue weighted by Crippen LogP contribution is -2.31. The maximum atomic E-state index is 12.0. The molecule has 0 aliphatic heterocycles. The van der Waals surface area contributed by atoms with Gasteiger partial charge in [-0.1, -0.05) is 39.0 Å². The topological polar surface area (TPSA) is 64.3 Å². The van der Waals surface area contributed by atoms with E-state index in [1.54, 1.807) is 7.11 Å². The number of nitrogens with two attached hydrogens (primary N) is 1. The van der Waals surface area contributed by atoms with Gasteiger partial charge in [0.05, 0.1) is 6.61 Å². The quantitative estimate of drug-likeness (QED) is 0.841. The van der Waals surface area contributed by atoms with Crippen molar-refractivity contribution in [3.05, 3.63) is 29.8 Å². The molecular formula is C16H26N2O2. The molecule has 112 valence electrons. The number of para-hydroxylation sites is 1. The van der Waals surface area contributed by atoms with Crippen molar-refractivity contribution in [1.82, 2.24) is 0 Å². The molecule has 0 aliphatic carbocycles. The van der Waals surface area contributed by atoms with Crippen LogP contribution in [0.3, 0.4) is 0 Å². The Labute approximate surface area is 121 Å². The molecule has 0 saturated heterocycles. The summed E-state index contributed by atoms with van der Waals surface area (Å²) in [5.41, 5.74) is 7.92. The monoisotopic (exact) mass is 278 g/mol. The summed E-state index contributed by atoms with van der Waals surface area (Å²) >= 11 is 0. The molecule has 0 radical (unpaired) electrons. The SMILES string of the molecule is COCc1ccccc1NC(=O)CC(N)CC(C)(C)C. The minimum Gasteiger partial charge on any atom is -0.380 e. The number of hydrogen-bond acceptors (Lipinski definition) is 3. The van der Waals surface area contributed by atoms with E-state index in [2.05, 4.69) is 26.1 Å². The van der Waals surface area contributed by atoms with Crippen LogP contribution < -0.4 is 11.1 Å². The van der Waals surface area contributed by atoms with Gasteiger partial charge in [0.25, 0.3) is 0 Å². The number of hydrogen-bond donors (Lipinski definition) is 2. The minimum absolute atomic E-state index is 0.0506. The summed E-state index contributed by atoms with van der Waals surface area (Å²) in [7, 11) is 1.64. The van der Waals surface area contributed by atoms with Crippen LogP contribution in [-0.2, 0) is 16.1 Å². The third kappa shape index (κ3) is 6.17. The number of benzene rings is 1. The van der Waals surface area contributed by atoms with E-state index in [0.717, 1.165) is 17.7 Å². The van der Waals surface area contributed by atoms with E-state index >= 15 is 0 Å². The lowest BCUT2D eigenvalue weighted by Gasteiger charge is -2.22. The molecule has 3 N–H and O–H groups in total. The predicted molar refractivity (Wildman–Crippen MR) is 82.4 cm³/mol. The van der Waals surface area contributed by atoms with Crippen molar-refractivity contribution in [1.29, 1.82) is 0 Å². The molecule has 1 rings (SSSR count). The van der Waals surface area contributed by atoms with Crippen LogP contribution in [0.4, 0.5) is 5.69 Å². The van der Waals surface area contributed by atoms with Crippen LogP contribution in [0, 0.1) is 5.41 Å². The molecule has 1 amide bonds. The third-order valence-electron chi connectivity index (χ3n) is 2.91. The summed E-state index contributed by atoms with van der Waals surface area (Å²) in [6, 6.07) is 7.51. The molecule has 0 aromatic heterocycles. The first-order valence-electron chi connectivity index (χ1n) is 6.94. The van der Waals surface area contributed by atoms with Crippen molar-refractivity contribution in [2.24, 2.45) is 11.1 Å². The molecule has 0 fully saturated rings. The Morgan fingerprint density at radius 3 is 2.60 bits per heavy atom. The average molecular weight is 278 g/mol. The second kappa shape index (κ2) is 7.41. The van der Waals surface area contributed by atoms with Gasteiger partial charge in [0.1, 0.15) is 0 Å². The first kappa shape index (κ1) is 16.7. The number of carbonyl (C=O) groups is 1. The van der Waals surface area contributed by atoms with Gasteiger partial charge in [-0.05, 0) is 17.9 Å². The lowest BCUT2D eigenvalue weighted by molar-refractivity contribution is -0.116. The van der Waals surface area contributed by atoms with E-state index < -0.39 is 0 Å². The number of amides is 1. The van der Waals surface area contributed by atoms with E-state index in [4.69, 9.17) is 10.5 Å². The Kier molecular flexibility index (Phi) is 6.17. The largest absolute Gasteiger partial charge is 0.380 e. The Morgan fingerprint density at radius 2 is 2.00 bits per heavy atom. The van der Waals surface area contributed by atoms with Crippen molar-refractivity contribution >= 4 is 11.6 Å². The van der Waals surface area contributed by atoms with Crippen molar-refractivity contribution in [2.45, 2.75) is 46.3 Å².